The molecule has 0 aliphatic carbocycles. The smallest absolute Gasteiger partial charge is 0.417 e. The number of hydrogen-bond donors (Lipinski definition) is 0. The summed E-state index contributed by atoms with van der Waals surface area (Å²) < 4.78 is 4.55. The molecule has 0 atom stereocenters. The maximum atomic E-state index is 9.82. The highest BCUT2D eigenvalue weighted by Crippen LogP contribution is 2.14. The third-order valence-electron chi connectivity index (χ3n) is 4.09. The van der Waals surface area contributed by atoms with Gasteiger partial charge in [0.25, 0.3) is 0 Å². The topological polar surface area (TPSA) is 26.3 Å². The van der Waals surface area contributed by atoms with Gasteiger partial charge in [0.1, 0.15) is 0 Å². The van der Waals surface area contributed by atoms with Gasteiger partial charge in [-0.1, -0.05) is 97.3 Å². The molecule has 0 heterocycles. The SMILES string of the molecule is CC(C)CCCCCCCCCCCCCCCO[C]=O. The van der Waals surface area contributed by atoms with Gasteiger partial charge < -0.3 is 4.74 Å². The van der Waals surface area contributed by atoms with Crippen LogP contribution in [0.15, 0.2) is 0 Å². The molecule has 0 aromatic rings. The lowest BCUT2D eigenvalue weighted by molar-refractivity contribution is 0.268. The predicted molar refractivity (Wildman–Crippen MR) is 91.1 cm³/mol. The fourth-order valence-electron chi connectivity index (χ4n) is 2.71. The van der Waals surface area contributed by atoms with Gasteiger partial charge in [0.2, 0.25) is 0 Å². The minimum absolute atomic E-state index is 0.542. The van der Waals surface area contributed by atoms with Gasteiger partial charge in [-0.2, -0.15) is 0 Å². The molecule has 0 aliphatic heterocycles. The van der Waals surface area contributed by atoms with E-state index in [1.54, 1.807) is 0 Å². The van der Waals surface area contributed by atoms with Crippen molar-refractivity contribution in [2.24, 2.45) is 5.92 Å². The Balaban J connectivity index is 2.95. The molecule has 0 N–H and O–H groups in total. The van der Waals surface area contributed by atoms with Gasteiger partial charge in [0, 0.05) is 0 Å². The van der Waals surface area contributed by atoms with E-state index >= 15 is 0 Å². The third-order valence-corrected chi connectivity index (χ3v) is 4.09. The molecule has 0 bridgehead atoms. The molecule has 0 spiro atoms. The van der Waals surface area contributed by atoms with E-state index < -0.39 is 0 Å². The molecule has 125 valence electrons. The molecule has 0 amide bonds. The highest BCUT2D eigenvalue weighted by atomic mass is 16.5. The standard InChI is InChI=1S/C19H37O2/c1-19(2)16-14-12-10-8-6-4-3-5-7-9-11-13-15-17-21-18-20/h19H,3-17H2,1-2H3. The normalized spacial score (nSPS) is 11.0. The minimum Gasteiger partial charge on any atom is -0.457 e. The largest absolute Gasteiger partial charge is 0.457 e. The lowest BCUT2D eigenvalue weighted by Gasteiger charge is -2.05. The van der Waals surface area contributed by atoms with E-state index in [0.717, 1.165) is 12.3 Å². The van der Waals surface area contributed by atoms with Crippen molar-refractivity contribution in [2.45, 2.75) is 104 Å². The first-order valence-corrected chi connectivity index (χ1v) is 9.26. The Kier molecular flexibility index (Phi) is 17.1. The van der Waals surface area contributed by atoms with Crippen LogP contribution in [0.25, 0.3) is 0 Å². The average molecular weight is 298 g/mol. The molecule has 0 unspecified atom stereocenters. The van der Waals surface area contributed by atoms with E-state index in [2.05, 4.69) is 18.6 Å². The Morgan fingerprint density at radius 1 is 0.667 bits per heavy atom. The molecule has 1 radical (unpaired) electrons. The summed E-state index contributed by atoms with van der Waals surface area (Å²) in [4.78, 5) is 9.82. The van der Waals surface area contributed by atoms with Crippen LogP contribution in [0.3, 0.4) is 0 Å². The fourth-order valence-corrected chi connectivity index (χ4v) is 2.71. The van der Waals surface area contributed by atoms with Crippen molar-refractivity contribution in [2.75, 3.05) is 6.61 Å². The lowest BCUT2D eigenvalue weighted by Crippen LogP contribution is -1.91. The Hall–Kier alpha value is -0.530. The van der Waals surface area contributed by atoms with Gasteiger partial charge >= 0.3 is 6.47 Å². The molecular weight excluding hydrogens is 260 g/mol. The van der Waals surface area contributed by atoms with E-state index in [9.17, 15) is 4.79 Å². The van der Waals surface area contributed by atoms with Crippen molar-refractivity contribution >= 4 is 6.47 Å². The molecule has 2 nitrogen and oxygen atoms in total. The third kappa shape index (κ3) is 19.5. The summed E-state index contributed by atoms with van der Waals surface area (Å²) in [6, 6.07) is 0. The van der Waals surface area contributed by atoms with Crippen molar-refractivity contribution in [3.63, 3.8) is 0 Å². The fraction of sp³-hybridized carbons (Fsp3) is 0.947. The number of unbranched alkanes of at least 4 members (excludes halogenated alkanes) is 12. The second-order valence-electron chi connectivity index (χ2n) is 6.71. The van der Waals surface area contributed by atoms with Crippen LogP contribution in [0.2, 0.25) is 0 Å². The van der Waals surface area contributed by atoms with E-state index in [1.807, 2.05) is 0 Å². The van der Waals surface area contributed by atoms with Gasteiger partial charge in [-0.15, -0.1) is 0 Å². The maximum Gasteiger partial charge on any atom is 0.417 e. The minimum atomic E-state index is 0.542. The summed E-state index contributed by atoms with van der Waals surface area (Å²) in [6.07, 6.45) is 18.9. The highest BCUT2D eigenvalue weighted by Gasteiger charge is 1.96. The summed E-state index contributed by atoms with van der Waals surface area (Å²) in [5.41, 5.74) is 0. The Morgan fingerprint density at radius 3 is 1.43 bits per heavy atom. The molecule has 21 heavy (non-hydrogen) atoms. The first-order chi connectivity index (χ1) is 10.3. The second-order valence-corrected chi connectivity index (χ2v) is 6.71. The van der Waals surface area contributed by atoms with Crippen LogP contribution in [0, 0.1) is 5.92 Å². The van der Waals surface area contributed by atoms with Crippen LogP contribution >= 0.6 is 0 Å². The number of rotatable bonds is 17. The molecule has 0 aliphatic rings. The van der Waals surface area contributed by atoms with Gasteiger partial charge in [0.15, 0.2) is 0 Å². The van der Waals surface area contributed by atoms with Gasteiger partial charge in [-0.05, 0) is 12.3 Å². The molecule has 0 aromatic heterocycles. The van der Waals surface area contributed by atoms with Crippen molar-refractivity contribution in [1.29, 1.82) is 0 Å². The van der Waals surface area contributed by atoms with Crippen LogP contribution in [0.5, 0.6) is 0 Å². The summed E-state index contributed by atoms with van der Waals surface area (Å²) >= 11 is 0. The van der Waals surface area contributed by atoms with Crippen LogP contribution in [-0.2, 0) is 9.53 Å². The van der Waals surface area contributed by atoms with Gasteiger partial charge in [-0.25, -0.2) is 4.79 Å². The summed E-state index contributed by atoms with van der Waals surface area (Å²) in [5, 5.41) is 0. The molecule has 0 fully saturated rings. The molecule has 0 aromatic carbocycles. The molecule has 2 heteroatoms. The number of hydrogen-bond acceptors (Lipinski definition) is 2. The zero-order chi connectivity index (χ0) is 15.6. The van der Waals surface area contributed by atoms with Crippen LogP contribution < -0.4 is 0 Å². The summed E-state index contributed by atoms with van der Waals surface area (Å²) in [5.74, 6) is 0.876. The Morgan fingerprint density at radius 2 is 1.05 bits per heavy atom. The van der Waals surface area contributed by atoms with E-state index in [1.165, 1.54) is 89.9 Å². The van der Waals surface area contributed by atoms with E-state index in [4.69, 9.17) is 0 Å². The van der Waals surface area contributed by atoms with Crippen molar-refractivity contribution in [3.05, 3.63) is 0 Å². The number of ether oxygens (including phenoxy) is 1. The van der Waals surface area contributed by atoms with E-state index in [0.29, 0.717) is 6.61 Å². The predicted octanol–water partition coefficient (Wildman–Crippen LogP) is 6.19. The first-order valence-electron chi connectivity index (χ1n) is 9.26. The van der Waals surface area contributed by atoms with Crippen molar-refractivity contribution < 1.29 is 9.53 Å². The van der Waals surface area contributed by atoms with Gasteiger partial charge in [0.05, 0.1) is 6.61 Å². The second kappa shape index (κ2) is 17.5. The monoisotopic (exact) mass is 297 g/mol. The zero-order valence-corrected chi connectivity index (χ0v) is 14.5. The van der Waals surface area contributed by atoms with Crippen LogP contribution in [0.4, 0.5) is 0 Å². The van der Waals surface area contributed by atoms with Crippen molar-refractivity contribution in [1.82, 2.24) is 0 Å². The van der Waals surface area contributed by atoms with Crippen molar-refractivity contribution in [3.8, 4) is 0 Å². The van der Waals surface area contributed by atoms with E-state index in [-0.39, 0.29) is 0 Å². The molecule has 0 rings (SSSR count). The molecular formula is C19H37O2. The zero-order valence-electron chi connectivity index (χ0n) is 14.5. The number of carbonyl (C=O) groups excluding carboxylic acids is 1. The average Bonchev–Trinajstić information content (AvgIpc) is 2.46. The molecule has 0 saturated carbocycles. The van der Waals surface area contributed by atoms with Gasteiger partial charge in [-0.3, -0.25) is 0 Å². The first kappa shape index (κ1) is 20.5. The quantitative estimate of drug-likeness (QED) is 0.299. The maximum absolute atomic E-state index is 9.82. The lowest BCUT2D eigenvalue weighted by atomic mass is 10.0. The Bertz CT molecular complexity index is 202. The van der Waals surface area contributed by atoms with Crippen LogP contribution in [0.1, 0.15) is 104 Å². The molecule has 0 saturated heterocycles. The Labute approximate surface area is 133 Å². The highest BCUT2D eigenvalue weighted by molar-refractivity contribution is 5.37. The summed E-state index contributed by atoms with van der Waals surface area (Å²) in [7, 11) is 0. The summed E-state index contributed by atoms with van der Waals surface area (Å²) in [6.45, 7) is 6.65. The van der Waals surface area contributed by atoms with Crippen LogP contribution in [-0.4, -0.2) is 13.1 Å².